The maximum atomic E-state index is 12.4. The van der Waals surface area contributed by atoms with Gasteiger partial charge in [0.05, 0.1) is 6.04 Å². The van der Waals surface area contributed by atoms with Crippen LogP contribution in [0.3, 0.4) is 0 Å². The van der Waals surface area contributed by atoms with Crippen molar-refractivity contribution in [2.75, 3.05) is 6.54 Å². The Morgan fingerprint density at radius 1 is 1.48 bits per heavy atom. The summed E-state index contributed by atoms with van der Waals surface area (Å²) < 4.78 is 0. The largest absolute Gasteiger partial charge is 0.476 e. The van der Waals surface area contributed by atoms with Crippen LogP contribution >= 0.6 is 11.3 Å². The van der Waals surface area contributed by atoms with E-state index in [1.165, 1.54) is 16.7 Å². The van der Waals surface area contributed by atoms with E-state index >= 15 is 0 Å². The third-order valence-electron chi connectivity index (χ3n) is 3.77. The Morgan fingerprint density at radius 3 is 2.90 bits per heavy atom. The molecule has 1 aliphatic rings. The number of likely N-dealkylation sites (tertiary alicyclic amines) is 1. The molecule has 1 fully saturated rings. The first-order chi connectivity index (χ1) is 9.99. The molecule has 7 heteroatoms. The molecule has 2 rings (SSSR count). The molecule has 2 unspecified atom stereocenters. The van der Waals surface area contributed by atoms with E-state index in [1.807, 2.05) is 11.8 Å². The van der Waals surface area contributed by atoms with Gasteiger partial charge >= 0.3 is 12.0 Å². The van der Waals surface area contributed by atoms with E-state index in [4.69, 9.17) is 5.11 Å². The molecule has 2 N–H and O–H groups in total. The topological polar surface area (TPSA) is 82.5 Å². The van der Waals surface area contributed by atoms with Crippen LogP contribution in [0.25, 0.3) is 0 Å². The van der Waals surface area contributed by atoms with Gasteiger partial charge in [-0.3, -0.25) is 0 Å². The molecule has 2 amide bonds. The molecule has 1 saturated heterocycles. The van der Waals surface area contributed by atoms with Gasteiger partial charge in [0.15, 0.2) is 5.69 Å². The minimum Gasteiger partial charge on any atom is -0.476 e. The number of carboxylic acids is 1. The summed E-state index contributed by atoms with van der Waals surface area (Å²) in [6, 6.07) is -0.138. The Hall–Kier alpha value is -1.63. The van der Waals surface area contributed by atoms with Crippen molar-refractivity contribution in [2.45, 2.75) is 51.6 Å². The number of hydrogen-bond acceptors (Lipinski definition) is 4. The smallest absolute Gasteiger partial charge is 0.355 e. The van der Waals surface area contributed by atoms with Crippen LogP contribution in [0.2, 0.25) is 0 Å². The van der Waals surface area contributed by atoms with E-state index in [-0.39, 0.29) is 23.8 Å². The normalized spacial score (nSPS) is 20.7. The van der Waals surface area contributed by atoms with Crippen LogP contribution in [-0.2, 0) is 0 Å². The fraction of sp³-hybridized carbons (Fsp3) is 0.643. The molecule has 0 bridgehead atoms. The molecule has 1 aromatic rings. The fourth-order valence-electron chi connectivity index (χ4n) is 2.49. The van der Waals surface area contributed by atoms with Crippen LogP contribution in [0.1, 0.15) is 61.1 Å². The molecule has 6 nitrogen and oxygen atoms in total. The summed E-state index contributed by atoms with van der Waals surface area (Å²) in [5, 5.41) is 13.9. The lowest BCUT2D eigenvalue weighted by molar-refractivity contribution is 0.0691. The van der Waals surface area contributed by atoms with Gasteiger partial charge in [0.2, 0.25) is 0 Å². The highest BCUT2D eigenvalue weighted by molar-refractivity contribution is 7.09. The number of rotatable bonds is 3. The summed E-state index contributed by atoms with van der Waals surface area (Å²) in [5.74, 6) is -1.04. The van der Waals surface area contributed by atoms with E-state index in [2.05, 4.69) is 17.2 Å². The highest BCUT2D eigenvalue weighted by Gasteiger charge is 2.24. The highest BCUT2D eigenvalue weighted by Crippen LogP contribution is 2.20. The van der Waals surface area contributed by atoms with E-state index in [1.54, 1.807) is 0 Å². The van der Waals surface area contributed by atoms with Crippen LogP contribution in [0.15, 0.2) is 5.38 Å². The van der Waals surface area contributed by atoms with E-state index in [0.717, 1.165) is 32.2 Å². The van der Waals surface area contributed by atoms with Gasteiger partial charge in [0.25, 0.3) is 0 Å². The fourth-order valence-corrected chi connectivity index (χ4v) is 3.29. The number of aromatic nitrogens is 1. The van der Waals surface area contributed by atoms with Crippen molar-refractivity contribution < 1.29 is 14.7 Å². The first kappa shape index (κ1) is 15.8. The predicted molar refractivity (Wildman–Crippen MR) is 80.7 cm³/mol. The van der Waals surface area contributed by atoms with Crippen molar-refractivity contribution in [1.29, 1.82) is 0 Å². The Balaban J connectivity index is 1.98. The first-order valence-electron chi connectivity index (χ1n) is 7.25. The zero-order valence-corrected chi connectivity index (χ0v) is 13.2. The van der Waals surface area contributed by atoms with Crippen LogP contribution < -0.4 is 5.32 Å². The van der Waals surface area contributed by atoms with Crippen LogP contribution in [0.4, 0.5) is 4.79 Å². The number of amides is 2. The van der Waals surface area contributed by atoms with Crippen molar-refractivity contribution in [3.63, 3.8) is 0 Å². The summed E-state index contributed by atoms with van der Waals surface area (Å²) in [6.45, 7) is 4.67. The van der Waals surface area contributed by atoms with Gasteiger partial charge in [-0.2, -0.15) is 0 Å². The standard InChI is InChI=1S/C14H21N3O3S/c1-9-6-4-3-5-7-17(9)14(20)15-10(2)12-16-11(8-21-12)13(18)19/h8-10H,3-7H2,1-2H3,(H,15,20)(H,18,19). The summed E-state index contributed by atoms with van der Waals surface area (Å²) >= 11 is 1.25. The quantitative estimate of drug-likeness (QED) is 0.899. The molecule has 0 radical (unpaired) electrons. The van der Waals surface area contributed by atoms with Gasteiger partial charge in [0.1, 0.15) is 5.01 Å². The van der Waals surface area contributed by atoms with E-state index < -0.39 is 5.97 Å². The number of nitrogens with one attached hydrogen (secondary N) is 1. The monoisotopic (exact) mass is 311 g/mol. The Bertz CT molecular complexity index is 517. The molecule has 0 saturated carbocycles. The maximum absolute atomic E-state index is 12.4. The van der Waals surface area contributed by atoms with Gasteiger partial charge in [-0.1, -0.05) is 12.8 Å². The van der Waals surface area contributed by atoms with Gasteiger partial charge < -0.3 is 15.3 Å². The zero-order valence-electron chi connectivity index (χ0n) is 12.3. The van der Waals surface area contributed by atoms with Crippen molar-refractivity contribution in [2.24, 2.45) is 0 Å². The second kappa shape index (κ2) is 6.89. The molecule has 21 heavy (non-hydrogen) atoms. The molecule has 0 aromatic carbocycles. The first-order valence-corrected chi connectivity index (χ1v) is 8.13. The predicted octanol–water partition coefficient (Wildman–Crippen LogP) is 2.88. The van der Waals surface area contributed by atoms with Gasteiger partial charge in [-0.15, -0.1) is 11.3 Å². The minimum atomic E-state index is -1.04. The van der Waals surface area contributed by atoms with Gasteiger partial charge in [-0.25, -0.2) is 14.6 Å². The number of carboxylic acid groups (broad SMARTS) is 1. The van der Waals surface area contributed by atoms with E-state index in [0.29, 0.717) is 5.01 Å². The van der Waals surface area contributed by atoms with Crippen LogP contribution in [-0.4, -0.2) is 39.6 Å². The van der Waals surface area contributed by atoms with E-state index in [9.17, 15) is 9.59 Å². The lowest BCUT2D eigenvalue weighted by Gasteiger charge is -2.28. The van der Waals surface area contributed by atoms with Crippen LogP contribution in [0, 0.1) is 0 Å². The lowest BCUT2D eigenvalue weighted by Crippen LogP contribution is -2.45. The number of carbonyl (C=O) groups is 2. The summed E-state index contributed by atoms with van der Waals surface area (Å²) in [5.41, 5.74) is 0.0271. The molecule has 0 spiro atoms. The summed E-state index contributed by atoms with van der Waals surface area (Å²) in [6.07, 6.45) is 4.39. The number of hydrogen-bond donors (Lipinski definition) is 2. The maximum Gasteiger partial charge on any atom is 0.355 e. The molecular weight excluding hydrogens is 290 g/mol. The van der Waals surface area contributed by atoms with Crippen molar-refractivity contribution in [3.8, 4) is 0 Å². The Labute approximate surface area is 128 Å². The second-order valence-corrected chi connectivity index (χ2v) is 6.33. The number of carbonyl (C=O) groups excluding carboxylic acids is 1. The van der Waals surface area contributed by atoms with Crippen molar-refractivity contribution >= 4 is 23.3 Å². The van der Waals surface area contributed by atoms with Crippen molar-refractivity contribution in [1.82, 2.24) is 15.2 Å². The van der Waals surface area contributed by atoms with Gasteiger partial charge in [-0.05, 0) is 26.7 Å². The third-order valence-corrected chi connectivity index (χ3v) is 4.79. The average Bonchev–Trinajstić information content (AvgIpc) is 2.83. The molecule has 2 heterocycles. The minimum absolute atomic E-state index is 0.0271. The zero-order chi connectivity index (χ0) is 15.4. The summed E-state index contributed by atoms with van der Waals surface area (Å²) in [4.78, 5) is 29.1. The number of aromatic carboxylic acids is 1. The number of thiazole rings is 1. The molecule has 2 atom stereocenters. The highest BCUT2D eigenvalue weighted by atomic mass is 32.1. The number of urea groups is 1. The van der Waals surface area contributed by atoms with Crippen molar-refractivity contribution in [3.05, 3.63) is 16.1 Å². The van der Waals surface area contributed by atoms with Gasteiger partial charge in [0, 0.05) is 18.0 Å². The second-order valence-electron chi connectivity index (χ2n) is 5.44. The lowest BCUT2D eigenvalue weighted by atomic mass is 10.1. The third kappa shape index (κ3) is 3.93. The van der Waals surface area contributed by atoms with Crippen LogP contribution in [0.5, 0.6) is 0 Å². The summed E-state index contributed by atoms with van der Waals surface area (Å²) in [7, 11) is 0. The molecule has 116 valence electrons. The Morgan fingerprint density at radius 2 is 2.24 bits per heavy atom. The number of nitrogens with zero attached hydrogens (tertiary/aromatic N) is 2. The average molecular weight is 311 g/mol. The molecule has 0 aliphatic carbocycles. The molecule has 1 aromatic heterocycles. The SMILES string of the molecule is CC(NC(=O)N1CCCCCC1C)c1nc(C(=O)O)cs1. The molecule has 1 aliphatic heterocycles. The molecular formula is C14H21N3O3S. The Kier molecular flexibility index (Phi) is 5.17.